The average molecular weight is 568 g/mol. The minimum absolute atomic E-state index is 0. The summed E-state index contributed by atoms with van der Waals surface area (Å²) in [7, 11) is 9.86. The summed E-state index contributed by atoms with van der Waals surface area (Å²) in [5, 5.41) is 16.2. The molecule has 0 saturated heterocycles. The van der Waals surface area contributed by atoms with E-state index in [9.17, 15) is 0 Å². The molecule has 0 unspecified atom stereocenters. The molecule has 10 nitrogen and oxygen atoms in total. The fourth-order valence-electron chi connectivity index (χ4n) is 1.00. The molecule has 0 aromatic carbocycles. The molecule has 0 fully saturated rings. The average Bonchev–Trinajstić information content (AvgIpc) is 2.81. The first-order chi connectivity index (χ1) is 15.6. The fourth-order valence-corrected chi connectivity index (χ4v) is 1.00. The van der Waals surface area contributed by atoms with Gasteiger partial charge in [-0.2, -0.15) is 0 Å². The molecule has 0 bridgehead atoms. The van der Waals surface area contributed by atoms with Crippen molar-refractivity contribution < 1.29 is 51.0 Å². The normalized spacial score (nSPS) is 9.15. The van der Waals surface area contributed by atoms with E-state index in [1.54, 1.807) is 42.7 Å². The summed E-state index contributed by atoms with van der Waals surface area (Å²) in [5.41, 5.74) is 0. The summed E-state index contributed by atoms with van der Waals surface area (Å²) in [5.74, 6) is 0. The van der Waals surface area contributed by atoms with Gasteiger partial charge in [0.25, 0.3) is 0 Å². The van der Waals surface area contributed by atoms with Gasteiger partial charge in [0.15, 0.2) is 0 Å². The fraction of sp³-hybridized carbons (Fsp3) is 0.905. The molecule has 204 valence electrons. The van der Waals surface area contributed by atoms with Crippen molar-refractivity contribution in [2.75, 3.05) is 122 Å². The third kappa shape index (κ3) is 98.6. The molecule has 0 aromatic heterocycles. The molecule has 0 heterocycles. The van der Waals surface area contributed by atoms with Gasteiger partial charge in [0.05, 0.1) is 79.3 Å². The van der Waals surface area contributed by atoms with Crippen molar-refractivity contribution in [2.24, 2.45) is 0 Å². The molecule has 0 rings (SSSR count). The molecule has 0 saturated carbocycles. The molecule has 0 aliphatic carbocycles. The molecular formula is C21H51BrMgO10. The van der Waals surface area contributed by atoms with E-state index in [-0.39, 0.29) is 39.1 Å². The van der Waals surface area contributed by atoms with Gasteiger partial charge < -0.3 is 51.0 Å². The molecule has 12 heteroatoms. The Morgan fingerprint density at radius 3 is 0.939 bits per heavy atom. The molecule has 0 aliphatic rings. The van der Waals surface area contributed by atoms with E-state index in [4.69, 9.17) is 38.6 Å². The van der Waals surface area contributed by atoms with Gasteiger partial charge in [-0.05, 0) is 11.9 Å². The second-order valence-electron chi connectivity index (χ2n) is 5.12. The van der Waals surface area contributed by atoms with Crippen LogP contribution >= 0.6 is 15.9 Å². The molecular weight excluding hydrogens is 516 g/mol. The van der Waals surface area contributed by atoms with E-state index < -0.39 is 0 Å². The molecule has 0 atom stereocenters. The SMILES string of the molecule is C/C=C\Br.COC.COCCOCCOC.COCCOCCOC.OCCOCCO.[H-].[H-].[Mg+2]. The number of hydrogen-bond acceptors (Lipinski definition) is 10. The maximum Gasteiger partial charge on any atom is 2.00 e. The Morgan fingerprint density at radius 2 is 0.788 bits per heavy atom. The minimum atomic E-state index is 0. The van der Waals surface area contributed by atoms with Crippen LogP contribution in [0.15, 0.2) is 11.1 Å². The zero-order valence-electron chi connectivity index (χ0n) is 23.9. The number of allylic oxidation sites excluding steroid dienone is 1. The Morgan fingerprint density at radius 1 is 0.576 bits per heavy atom. The van der Waals surface area contributed by atoms with Crippen LogP contribution in [0.1, 0.15) is 9.78 Å². The third-order valence-corrected chi connectivity index (χ3v) is 2.85. The van der Waals surface area contributed by atoms with Crippen molar-refractivity contribution in [3.8, 4) is 0 Å². The van der Waals surface area contributed by atoms with Crippen molar-refractivity contribution in [3.05, 3.63) is 11.1 Å². The molecule has 0 amide bonds. The quantitative estimate of drug-likeness (QED) is 0.211. The van der Waals surface area contributed by atoms with E-state index in [0.29, 0.717) is 66.1 Å². The summed E-state index contributed by atoms with van der Waals surface area (Å²) < 4.78 is 38.0. The number of aliphatic hydroxyl groups excluding tert-OH is 2. The van der Waals surface area contributed by atoms with Crippen LogP contribution in [0.5, 0.6) is 0 Å². The standard InChI is InChI=1S/2C6H14O3.C4H10O3.C3H5Br.C2H6O.Mg.2H/c2*1-7-3-5-9-6-4-8-2;5-1-3-7-4-2-6;1-2-3-4;1-3-2;;;/h2*3-6H2,1-2H3;5-6H,1-4H2;2-3H,1H3;1-2H3;;;/q;;;;;+2;2*-1/b;;;3-2-;;;;. The van der Waals surface area contributed by atoms with Gasteiger partial charge in [-0.15, -0.1) is 0 Å². The first-order valence-electron chi connectivity index (χ1n) is 10.1. The number of halogens is 1. The Labute approximate surface area is 229 Å². The van der Waals surface area contributed by atoms with Gasteiger partial charge >= 0.3 is 23.1 Å². The Balaban J connectivity index is -0.0000000445. The summed E-state index contributed by atoms with van der Waals surface area (Å²) in [6, 6.07) is 0. The number of ether oxygens (including phenoxy) is 8. The molecule has 0 spiro atoms. The van der Waals surface area contributed by atoms with Crippen molar-refractivity contribution in [2.45, 2.75) is 6.92 Å². The van der Waals surface area contributed by atoms with Gasteiger partial charge in [0.2, 0.25) is 0 Å². The van der Waals surface area contributed by atoms with Crippen LogP contribution in [-0.2, 0) is 37.9 Å². The zero-order valence-corrected chi connectivity index (χ0v) is 24.9. The van der Waals surface area contributed by atoms with Crippen molar-refractivity contribution >= 4 is 39.0 Å². The number of hydrogen-bond donors (Lipinski definition) is 2. The van der Waals surface area contributed by atoms with E-state index in [1.165, 1.54) is 0 Å². The maximum atomic E-state index is 8.09. The summed E-state index contributed by atoms with van der Waals surface area (Å²) in [6.45, 7) is 7.89. The van der Waals surface area contributed by atoms with Crippen LogP contribution in [0.3, 0.4) is 0 Å². The van der Waals surface area contributed by atoms with Gasteiger partial charge in [0, 0.05) is 42.7 Å². The smallest absolute Gasteiger partial charge is 1.00 e. The molecule has 0 aliphatic heterocycles. The second-order valence-corrected chi connectivity index (χ2v) is 5.65. The van der Waals surface area contributed by atoms with Crippen LogP contribution in [0.4, 0.5) is 0 Å². The monoisotopic (exact) mass is 566 g/mol. The topological polar surface area (TPSA) is 114 Å². The Hall–Kier alpha value is 0.586. The maximum absolute atomic E-state index is 8.09. The van der Waals surface area contributed by atoms with E-state index in [1.807, 2.05) is 18.0 Å². The van der Waals surface area contributed by atoms with E-state index >= 15 is 0 Å². The number of methoxy groups -OCH3 is 5. The van der Waals surface area contributed by atoms with Crippen LogP contribution in [-0.4, -0.2) is 155 Å². The van der Waals surface area contributed by atoms with Gasteiger partial charge in [0.1, 0.15) is 0 Å². The zero-order chi connectivity index (χ0) is 25.6. The molecule has 0 aromatic rings. The van der Waals surface area contributed by atoms with Crippen molar-refractivity contribution in [1.29, 1.82) is 0 Å². The Kier molecular flexibility index (Phi) is 90.5. The molecule has 0 radical (unpaired) electrons. The molecule has 33 heavy (non-hydrogen) atoms. The predicted octanol–water partition coefficient (Wildman–Crippen LogP) is 1.60. The summed E-state index contributed by atoms with van der Waals surface area (Å²) in [6.07, 6.45) is 1.92. The first-order valence-corrected chi connectivity index (χ1v) is 11.0. The Bertz CT molecular complexity index is 246. The van der Waals surface area contributed by atoms with E-state index in [2.05, 4.69) is 25.4 Å². The summed E-state index contributed by atoms with van der Waals surface area (Å²) >= 11 is 3.07. The van der Waals surface area contributed by atoms with Crippen molar-refractivity contribution in [1.82, 2.24) is 0 Å². The van der Waals surface area contributed by atoms with Gasteiger partial charge in [-0.25, -0.2) is 0 Å². The van der Waals surface area contributed by atoms with Crippen molar-refractivity contribution in [3.63, 3.8) is 0 Å². The van der Waals surface area contributed by atoms with Crippen LogP contribution in [0.2, 0.25) is 0 Å². The van der Waals surface area contributed by atoms with Gasteiger partial charge in [-0.3, -0.25) is 0 Å². The van der Waals surface area contributed by atoms with Crippen LogP contribution in [0.25, 0.3) is 0 Å². The first kappa shape index (κ1) is 46.9. The molecule has 2 N–H and O–H groups in total. The third-order valence-electron chi connectivity index (χ3n) is 2.32. The predicted molar refractivity (Wildman–Crippen MR) is 139 cm³/mol. The van der Waals surface area contributed by atoms with Crippen LogP contribution in [0, 0.1) is 0 Å². The van der Waals surface area contributed by atoms with Crippen LogP contribution < -0.4 is 0 Å². The minimum Gasteiger partial charge on any atom is -1.00 e. The summed E-state index contributed by atoms with van der Waals surface area (Å²) in [4.78, 5) is 1.81. The largest absolute Gasteiger partial charge is 2.00 e. The number of rotatable bonds is 16. The van der Waals surface area contributed by atoms with Gasteiger partial charge in [-0.1, -0.05) is 22.0 Å². The number of aliphatic hydroxyl groups is 2. The van der Waals surface area contributed by atoms with E-state index in [0.717, 1.165) is 0 Å². The second kappa shape index (κ2) is 63.7.